The van der Waals surface area contributed by atoms with Gasteiger partial charge in [0, 0.05) is 25.3 Å². The van der Waals surface area contributed by atoms with Crippen molar-refractivity contribution < 1.29 is 14.3 Å². The van der Waals surface area contributed by atoms with Gasteiger partial charge in [0.05, 0.1) is 11.1 Å². The second kappa shape index (κ2) is 5.92. The molecule has 0 saturated carbocycles. The van der Waals surface area contributed by atoms with Crippen molar-refractivity contribution in [2.45, 2.75) is 0 Å². The van der Waals surface area contributed by atoms with Gasteiger partial charge in [-0.05, 0) is 30.3 Å². The van der Waals surface area contributed by atoms with Gasteiger partial charge in [-0.3, -0.25) is 0 Å². The summed E-state index contributed by atoms with van der Waals surface area (Å²) in [6, 6.07) is 14.1. The Balaban J connectivity index is 2.02. The van der Waals surface area contributed by atoms with E-state index in [9.17, 15) is 4.79 Å². The van der Waals surface area contributed by atoms with Gasteiger partial charge in [-0.2, -0.15) is 0 Å². The summed E-state index contributed by atoms with van der Waals surface area (Å²) in [4.78, 5) is 13.0. The monoisotopic (exact) mass is 309 g/mol. The largest absolute Gasteiger partial charge is 0.478 e. The zero-order chi connectivity index (χ0) is 16.4. The average molecular weight is 309 g/mol. The molecule has 0 spiro atoms. The van der Waals surface area contributed by atoms with Gasteiger partial charge in [0.1, 0.15) is 0 Å². The van der Waals surface area contributed by atoms with Crippen molar-refractivity contribution in [3.05, 3.63) is 54.1 Å². The van der Waals surface area contributed by atoms with Crippen LogP contribution in [0.5, 0.6) is 0 Å². The van der Waals surface area contributed by atoms with E-state index in [1.54, 1.807) is 12.1 Å². The van der Waals surface area contributed by atoms with Crippen molar-refractivity contribution in [2.75, 3.05) is 19.0 Å². The molecule has 0 unspecified atom stereocenters. The van der Waals surface area contributed by atoms with Crippen LogP contribution < -0.4 is 4.90 Å². The van der Waals surface area contributed by atoms with E-state index >= 15 is 0 Å². The molecule has 0 radical (unpaired) electrons. The van der Waals surface area contributed by atoms with Crippen molar-refractivity contribution in [1.82, 2.24) is 10.2 Å². The number of carboxylic acids is 1. The van der Waals surface area contributed by atoms with E-state index in [0.717, 1.165) is 11.3 Å². The Morgan fingerprint density at radius 2 is 1.78 bits per heavy atom. The lowest BCUT2D eigenvalue weighted by Gasteiger charge is -2.14. The Morgan fingerprint density at radius 3 is 2.52 bits per heavy atom. The van der Waals surface area contributed by atoms with Crippen LogP contribution in [-0.2, 0) is 0 Å². The normalized spacial score (nSPS) is 10.5. The number of hydrogen-bond acceptors (Lipinski definition) is 5. The fourth-order valence-corrected chi connectivity index (χ4v) is 2.28. The van der Waals surface area contributed by atoms with Crippen LogP contribution in [0.25, 0.3) is 22.9 Å². The Morgan fingerprint density at radius 1 is 1.04 bits per heavy atom. The molecule has 0 aliphatic rings. The summed E-state index contributed by atoms with van der Waals surface area (Å²) in [7, 11) is 3.87. The molecule has 3 aromatic rings. The maximum atomic E-state index is 11.1. The highest BCUT2D eigenvalue weighted by Crippen LogP contribution is 2.30. The molecule has 1 aromatic heterocycles. The van der Waals surface area contributed by atoms with Crippen LogP contribution in [0.2, 0.25) is 0 Å². The standard InChI is InChI=1S/C17H15N3O3/c1-20(2)14-9-4-3-8-13(14)16-19-18-15(23-16)11-6-5-7-12(10-11)17(21)22/h3-10H,1-2H3,(H,21,22). The molecule has 1 N–H and O–H groups in total. The zero-order valence-corrected chi connectivity index (χ0v) is 12.7. The molecular weight excluding hydrogens is 294 g/mol. The van der Waals surface area contributed by atoms with Gasteiger partial charge in [-0.25, -0.2) is 4.79 Å². The van der Waals surface area contributed by atoms with Crippen molar-refractivity contribution in [3.63, 3.8) is 0 Å². The van der Waals surface area contributed by atoms with Crippen molar-refractivity contribution in [3.8, 4) is 22.9 Å². The fourth-order valence-electron chi connectivity index (χ4n) is 2.28. The molecule has 0 saturated heterocycles. The second-order valence-corrected chi connectivity index (χ2v) is 5.21. The van der Waals surface area contributed by atoms with Crippen LogP contribution >= 0.6 is 0 Å². The minimum Gasteiger partial charge on any atom is -0.478 e. The Bertz CT molecular complexity index is 856. The predicted octanol–water partition coefficient (Wildman–Crippen LogP) is 3.17. The van der Waals surface area contributed by atoms with Crippen LogP contribution in [0.3, 0.4) is 0 Å². The van der Waals surface area contributed by atoms with Gasteiger partial charge in [0.2, 0.25) is 11.8 Å². The number of aromatic carboxylic acids is 1. The third-order valence-corrected chi connectivity index (χ3v) is 3.40. The highest BCUT2D eigenvalue weighted by Gasteiger charge is 2.15. The lowest BCUT2D eigenvalue weighted by molar-refractivity contribution is 0.0697. The fraction of sp³-hybridized carbons (Fsp3) is 0.118. The third kappa shape index (κ3) is 2.91. The van der Waals surface area contributed by atoms with Crippen LogP contribution in [0.1, 0.15) is 10.4 Å². The molecule has 0 aliphatic carbocycles. The number of carboxylic acid groups (broad SMARTS) is 1. The highest BCUT2D eigenvalue weighted by atomic mass is 16.4. The average Bonchev–Trinajstić information content (AvgIpc) is 3.05. The maximum Gasteiger partial charge on any atom is 0.335 e. The van der Waals surface area contributed by atoms with E-state index in [4.69, 9.17) is 9.52 Å². The second-order valence-electron chi connectivity index (χ2n) is 5.21. The molecule has 23 heavy (non-hydrogen) atoms. The zero-order valence-electron chi connectivity index (χ0n) is 12.7. The molecule has 116 valence electrons. The summed E-state index contributed by atoms with van der Waals surface area (Å²) in [5.41, 5.74) is 2.54. The molecular formula is C17H15N3O3. The summed E-state index contributed by atoms with van der Waals surface area (Å²) in [6.45, 7) is 0. The Labute approximate surface area is 133 Å². The quantitative estimate of drug-likeness (QED) is 0.797. The molecule has 6 heteroatoms. The summed E-state index contributed by atoms with van der Waals surface area (Å²) in [6.07, 6.45) is 0. The first-order valence-electron chi connectivity index (χ1n) is 7.00. The molecule has 0 amide bonds. The van der Waals surface area contributed by atoms with Gasteiger partial charge in [-0.15, -0.1) is 10.2 Å². The van der Waals surface area contributed by atoms with Gasteiger partial charge in [-0.1, -0.05) is 18.2 Å². The molecule has 0 bridgehead atoms. The summed E-state index contributed by atoms with van der Waals surface area (Å²) in [5.74, 6) is -0.314. The number of hydrogen-bond donors (Lipinski definition) is 1. The Hall–Kier alpha value is -3.15. The van der Waals surface area contributed by atoms with Crippen molar-refractivity contribution in [2.24, 2.45) is 0 Å². The summed E-state index contributed by atoms with van der Waals surface area (Å²) < 4.78 is 5.74. The van der Waals surface area contributed by atoms with Crippen LogP contribution in [0.4, 0.5) is 5.69 Å². The molecule has 2 aromatic carbocycles. The lowest BCUT2D eigenvalue weighted by atomic mass is 10.1. The van der Waals surface area contributed by atoms with Crippen LogP contribution in [-0.4, -0.2) is 35.4 Å². The minimum absolute atomic E-state index is 0.177. The van der Waals surface area contributed by atoms with Crippen molar-refractivity contribution in [1.29, 1.82) is 0 Å². The van der Waals surface area contributed by atoms with Gasteiger partial charge in [0.15, 0.2) is 0 Å². The first kappa shape index (κ1) is 14.8. The number of benzene rings is 2. The van der Waals surface area contributed by atoms with E-state index in [2.05, 4.69) is 10.2 Å². The lowest BCUT2D eigenvalue weighted by Crippen LogP contribution is -2.09. The number of nitrogens with zero attached hydrogens (tertiary/aromatic N) is 3. The number of rotatable bonds is 4. The number of carbonyl (C=O) groups is 1. The summed E-state index contributed by atoms with van der Waals surface area (Å²) >= 11 is 0. The molecule has 6 nitrogen and oxygen atoms in total. The molecule has 1 heterocycles. The van der Waals surface area contributed by atoms with Crippen LogP contribution in [0, 0.1) is 0 Å². The number of anilines is 1. The molecule has 3 rings (SSSR count). The van der Waals surface area contributed by atoms with Gasteiger partial charge >= 0.3 is 5.97 Å². The summed E-state index contributed by atoms with van der Waals surface area (Å²) in [5, 5.41) is 17.2. The van der Waals surface area contributed by atoms with E-state index in [0.29, 0.717) is 11.5 Å². The Kier molecular flexibility index (Phi) is 3.80. The SMILES string of the molecule is CN(C)c1ccccc1-c1nnc(-c2cccc(C(=O)O)c2)o1. The van der Waals surface area contributed by atoms with Crippen molar-refractivity contribution >= 4 is 11.7 Å². The minimum atomic E-state index is -0.996. The van der Waals surface area contributed by atoms with E-state index in [1.165, 1.54) is 12.1 Å². The third-order valence-electron chi connectivity index (χ3n) is 3.40. The van der Waals surface area contributed by atoms with Gasteiger partial charge in [0.25, 0.3) is 0 Å². The first-order valence-corrected chi connectivity index (χ1v) is 7.00. The van der Waals surface area contributed by atoms with Gasteiger partial charge < -0.3 is 14.4 Å². The smallest absolute Gasteiger partial charge is 0.335 e. The topological polar surface area (TPSA) is 79.5 Å². The predicted molar refractivity (Wildman–Crippen MR) is 86.5 cm³/mol. The van der Waals surface area contributed by atoms with Crippen LogP contribution in [0.15, 0.2) is 52.9 Å². The number of para-hydroxylation sites is 1. The first-order chi connectivity index (χ1) is 11.1. The van der Waals surface area contributed by atoms with E-state index in [-0.39, 0.29) is 11.5 Å². The number of aromatic nitrogens is 2. The molecule has 0 atom stereocenters. The molecule has 0 fully saturated rings. The molecule has 0 aliphatic heterocycles. The highest BCUT2D eigenvalue weighted by molar-refractivity contribution is 5.89. The van der Waals surface area contributed by atoms with E-state index in [1.807, 2.05) is 43.3 Å². The maximum absolute atomic E-state index is 11.1. The van der Waals surface area contributed by atoms with E-state index < -0.39 is 5.97 Å².